The highest BCUT2D eigenvalue weighted by molar-refractivity contribution is 5.33. The number of hydrogen-bond donors (Lipinski definition) is 1. The molecule has 2 aliphatic rings. The molecule has 1 aromatic carbocycles. The lowest BCUT2D eigenvalue weighted by atomic mass is 9.85. The van der Waals surface area contributed by atoms with Gasteiger partial charge in [-0.3, -0.25) is 4.90 Å². The van der Waals surface area contributed by atoms with Crippen LogP contribution >= 0.6 is 0 Å². The normalized spacial score (nSPS) is 28.1. The third-order valence-electron chi connectivity index (χ3n) is 4.64. The first kappa shape index (κ1) is 13.1. The van der Waals surface area contributed by atoms with E-state index in [0.29, 0.717) is 12.0 Å². The molecule has 3 rings (SSSR count). The highest BCUT2D eigenvalue weighted by Crippen LogP contribution is 2.36. The zero-order chi connectivity index (χ0) is 13.2. The van der Waals surface area contributed by atoms with E-state index in [1.807, 2.05) is 6.07 Å². The molecule has 1 N–H and O–H groups in total. The minimum atomic E-state index is -0.124. The van der Waals surface area contributed by atoms with Crippen molar-refractivity contribution in [3.8, 4) is 0 Å². The van der Waals surface area contributed by atoms with Crippen molar-refractivity contribution in [1.82, 2.24) is 4.90 Å². The fourth-order valence-electron chi connectivity index (χ4n) is 3.65. The molecule has 2 atom stereocenters. The second kappa shape index (κ2) is 5.59. The number of halogens is 1. The van der Waals surface area contributed by atoms with Gasteiger partial charge in [0.25, 0.3) is 0 Å². The zero-order valence-electron chi connectivity index (χ0n) is 11.3. The van der Waals surface area contributed by atoms with Gasteiger partial charge in [0.15, 0.2) is 0 Å². The van der Waals surface area contributed by atoms with Crippen molar-refractivity contribution < 1.29 is 9.50 Å². The van der Waals surface area contributed by atoms with E-state index in [-0.39, 0.29) is 12.4 Å². The molecule has 0 saturated carbocycles. The molecule has 1 aromatic rings. The number of likely N-dealkylation sites (tertiary alicyclic amines) is 1. The van der Waals surface area contributed by atoms with Crippen molar-refractivity contribution in [2.45, 2.75) is 38.1 Å². The average Bonchev–Trinajstić information content (AvgIpc) is 2.46. The summed E-state index contributed by atoms with van der Waals surface area (Å²) in [5, 5.41) is 9.36. The van der Waals surface area contributed by atoms with Crippen LogP contribution in [-0.2, 0) is 6.42 Å². The summed E-state index contributed by atoms with van der Waals surface area (Å²) in [7, 11) is 0. The highest BCUT2D eigenvalue weighted by atomic mass is 19.1. The smallest absolute Gasteiger partial charge is 0.123 e. The van der Waals surface area contributed by atoms with Crippen LogP contribution in [0.4, 0.5) is 4.39 Å². The van der Waals surface area contributed by atoms with Gasteiger partial charge in [-0.25, -0.2) is 4.39 Å². The Bertz CT molecular complexity index is 448. The third-order valence-corrected chi connectivity index (χ3v) is 4.64. The molecule has 0 amide bonds. The van der Waals surface area contributed by atoms with Gasteiger partial charge in [0.2, 0.25) is 0 Å². The molecule has 0 aromatic heterocycles. The summed E-state index contributed by atoms with van der Waals surface area (Å²) in [4.78, 5) is 2.46. The number of aliphatic hydroxyl groups is 1. The van der Waals surface area contributed by atoms with Gasteiger partial charge in [-0.05, 0) is 67.8 Å². The number of fused-ring (bicyclic) bond motifs is 1. The van der Waals surface area contributed by atoms with Crippen molar-refractivity contribution in [1.29, 1.82) is 0 Å². The minimum Gasteiger partial charge on any atom is -0.396 e. The maximum Gasteiger partial charge on any atom is 0.123 e. The lowest BCUT2D eigenvalue weighted by molar-refractivity contribution is 0.0804. The Labute approximate surface area is 114 Å². The molecule has 0 radical (unpaired) electrons. The van der Waals surface area contributed by atoms with E-state index in [0.717, 1.165) is 38.8 Å². The number of rotatable bonds is 2. The summed E-state index contributed by atoms with van der Waals surface area (Å²) in [5.41, 5.74) is 2.49. The molecule has 0 unspecified atom stereocenters. The van der Waals surface area contributed by atoms with Crippen molar-refractivity contribution in [3.05, 3.63) is 35.1 Å². The predicted molar refractivity (Wildman–Crippen MR) is 73.5 cm³/mol. The van der Waals surface area contributed by atoms with E-state index in [9.17, 15) is 9.50 Å². The van der Waals surface area contributed by atoms with Crippen LogP contribution in [0.15, 0.2) is 18.2 Å². The van der Waals surface area contributed by atoms with Crippen LogP contribution in [-0.4, -0.2) is 29.7 Å². The Morgan fingerprint density at radius 1 is 1.26 bits per heavy atom. The molecule has 104 valence electrons. The molecular weight excluding hydrogens is 241 g/mol. The lowest BCUT2D eigenvalue weighted by Crippen LogP contribution is -2.40. The monoisotopic (exact) mass is 263 g/mol. The topological polar surface area (TPSA) is 23.5 Å². The van der Waals surface area contributed by atoms with E-state index in [4.69, 9.17) is 0 Å². The summed E-state index contributed by atoms with van der Waals surface area (Å²) in [6.07, 6.45) is 5.64. The fourth-order valence-corrected chi connectivity index (χ4v) is 3.65. The average molecular weight is 263 g/mol. The van der Waals surface area contributed by atoms with Gasteiger partial charge in [-0.1, -0.05) is 6.07 Å². The maximum atomic E-state index is 13.5. The number of benzene rings is 1. The van der Waals surface area contributed by atoms with Crippen LogP contribution in [0.25, 0.3) is 0 Å². The molecule has 0 bridgehead atoms. The number of aliphatic hydroxyl groups excluding tert-OH is 1. The van der Waals surface area contributed by atoms with Gasteiger partial charge in [-0.2, -0.15) is 0 Å². The lowest BCUT2D eigenvalue weighted by Gasteiger charge is -2.40. The van der Waals surface area contributed by atoms with Crippen LogP contribution in [0.3, 0.4) is 0 Å². The molecular formula is C16H22FNO. The van der Waals surface area contributed by atoms with Crippen LogP contribution in [0.2, 0.25) is 0 Å². The third kappa shape index (κ3) is 2.67. The van der Waals surface area contributed by atoms with E-state index in [1.165, 1.54) is 17.5 Å². The van der Waals surface area contributed by atoms with Gasteiger partial charge in [0, 0.05) is 19.2 Å². The first-order valence-corrected chi connectivity index (χ1v) is 7.41. The second-order valence-corrected chi connectivity index (χ2v) is 5.94. The quantitative estimate of drug-likeness (QED) is 0.887. The molecule has 3 heteroatoms. The molecule has 1 heterocycles. The Balaban J connectivity index is 1.84. The number of nitrogens with zero attached hydrogens (tertiary/aromatic N) is 1. The van der Waals surface area contributed by atoms with Crippen molar-refractivity contribution in [2.24, 2.45) is 5.92 Å². The van der Waals surface area contributed by atoms with Crippen LogP contribution in [0.5, 0.6) is 0 Å². The SMILES string of the molecule is OC[C@H]1CCCN([C@@H]2CCCc3ccc(F)cc32)C1. The van der Waals surface area contributed by atoms with E-state index in [2.05, 4.69) is 4.90 Å². The molecule has 1 aliphatic carbocycles. The summed E-state index contributed by atoms with van der Waals surface area (Å²) in [6, 6.07) is 5.61. The first-order valence-electron chi connectivity index (χ1n) is 7.41. The van der Waals surface area contributed by atoms with Crippen molar-refractivity contribution in [3.63, 3.8) is 0 Å². The van der Waals surface area contributed by atoms with Crippen molar-refractivity contribution >= 4 is 0 Å². The van der Waals surface area contributed by atoms with Gasteiger partial charge in [-0.15, -0.1) is 0 Å². The maximum absolute atomic E-state index is 13.5. The highest BCUT2D eigenvalue weighted by Gasteiger charge is 2.29. The Hall–Kier alpha value is -0.930. The first-order chi connectivity index (χ1) is 9.28. The fraction of sp³-hybridized carbons (Fsp3) is 0.625. The number of aryl methyl sites for hydroxylation is 1. The molecule has 0 spiro atoms. The summed E-state index contributed by atoms with van der Waals surface area (Å²) in [6.45, 7) is 2.31. The van der Waals surface area contributed by atoms with Crippen LogP contribution in [0, 0.1) is 11.7 Å². The van der Waals surface area contributed by atoms with E-state index in [1.54, 1.807) is 12.1 Å². The Morgan fingerprint density at radius 3 is 3.00 bits per heavy atom. The molecule has 1 fully saturated rings. The van der Waals surface area contributed by atoms with Gasteiger partial charge in [0.1, 0.15) is 5.82 Å². The Kier molecular flexibility index (Phi) is 3.85. The standard InChI is InChI=1S/C16H22FNO/c17-14-7-6-13-4-1-5-16(15(13)9-14)18-8-2-3-12(10-18)11-19/h6-7,9,12,16,19H,1-5,8,10-11H2/t12-,16+/m0/s1. The largest absolute Gasteiger partial charge is 0.396 e. The van der Waals surface area contributed by atoms with Gasteiger partial charge < -0.3 is 5.11 Å². The summed E-state index contributed by atoms with van der Waals surface area (Å²) < 4.78 is 13.5. The van der Waals surface area contributed by atoms with Gasteiger partial charge >= 0.3 is 0 Å². The number of piperidine rings is 1. The second-order valence-electron chi connectivity index (χ2n) is 5.94. The predicted octanol–water partition coefficient (Wildman–Crippen LogP) is 2.91. The Morgan fingerprint density at radius 2 is 2.16 bits per heavy atom. The summed E-state index contributed by atoms with van der Waals surface area (Å²) in [5.74, 6) is 0.272. The summed E-state index contributed by atoms with van der Waals surface area (Å²) >= 11 is 0. The van der Waals surface area contributed by atoms with Gasteiger partial charge in [0.05, 0.1) is 0 Å². The van der Waals surface area contributed by atoms with Crippen molar-refractivity contribution in [2.75, 3.05) is 19.7 Å². The van der Waals surface area contributed by atoms with E-state index < -0.39 is 0 Å². The van der Waals surface area contributed by atoms with E-state index >= 15 is 0 Å². The molecule has 1 aliphatic heterocycles. The molecule has 19 heavy (non-hydrogen) atoms. The minimum absolute atomic E-state index is 0.124. The zero-order valence-corrected chi connectivity index (χ0v) is 11.3. The molecule has 2 nitrogen and oxygen atoms in total. The van der Waals surface area contributed by atoms with Crippen LogP contribution < -0.4 is 0 Å². The number of hydrogen-bond acceptors (Lipinski definition) is 2. The molecule has 1 saturated heterocycles. The van der Waals surface area contributed by atoms with Crippen LogP contribution in [0.1, 0.15) is 42.9 Å².